The lowest BCUT2D eigenvalue weighted by Crippen LogP contribution is -2.53. The van der Waals surface area contributed by atoms with Crippen molar-refractivity contribution in [3.63, 3.8) is 0 Å². The molecule has 2 aliphatic rings. The lowest BCUT2D eigenvalue weighted by Gasteiger charge is -2.34. The Morgan fingerprint density at radius 1 is 0.944 bits per heavy atom. The van der Waals surface area contributed by atoms with Crippen LogP contribution in [0.15, 0.2) is 82.0 Å². The van der Waals surface area contributed by atoms with Crippen LogP contribution in [0.1, 0.15) is 47.0 Å². The molecule has 6 rings (SSSR count). The average Bonchev–Trinajstić information content (AvgIpc) is 3.28. The Hall–Kier alpha value is -4.26. The van der Waals surface area contributed by atoms with E-state index in [0.29, 0.717) is 17.7 Å². The average molecular weight is 483 g/mol. The van der Waals surface area contributed by atoms with E-state index in [1.807, 2.05) is 49.4 Å². The van der Waals surface area contributed by atoms with E-state index in [0.717, 1.165) is 18.1 Å². The molecule has 4 aromatic rings. The molecule has 0 aliphatic carbocycles. The number of anilines is 1. The summed E-state index contributed by atoms with van der Waals surface area (Å²) in [5.41, 5.74) is -0.0635. The number of fused-ring (bicyclic) bond motifs is 5. The van der Waals surface area contributed by atoms with Crippen molar-refractivity contribution in [3.8, 4) is 0 Å². The van der Waals surface area contributed by atoms with Gasteiger partial charge >= 0.3 is 0 Å². The van der Waals surface area contributed by atoms with Crippen LogP contribution in [0.2, 0.25) is 0 Å². The molecule has 2 amide bonds. The second-order valence-corrected chi connectivity index (χ2v) is 9.19. The summed E-state index contributed by atoms with van der Waals surface area (Å²) in [6, 6.07) is 20.4. The highest BCUT2D eigenvalue weighted by Crippen LogP contribution is 2.52. The molecule has 2 aliphatic heterocycles. The van der Waals surface area contributed by atoms with E-state index in [4.69, 9.17) is 4.42 Å². The van der Waals surface area contributed by atoms with Gasteiger partial charge in [-0.25, -0.2) is 4.39 Å². The summed E-state index contributed by atoms with van der Waals surface area (Å²) in [5, 5.41) is 0.00468. The van der Waals surface area contributed by atoms with E-state index < -0.39 is 22.7 Å². The topological polar surface area (TPSA) is 70.8 Å². The zero-order valence-electron chi connectivity index (χ0n) is 19.7. The molecule has 1 aromatic heterocycles. The first-order valence-electron chi connectivity index (χ1n) is 12.0. The van der Waals surface area contributed by atoms with Crippen LogP contribution in [-0.2, 0) is 16.9 Å². The van der Waals surface area contributed by atoms with Gasteiger partial charge in [0.05, 0.1) is 23.2 Å². The number of carbonyl (C=O) groups excluding carboxylic acids is 2. The molecule has 180 valence electrons. The van der Waals surface area contributed by atoms with Gasteiger partial charge in [-0.15, -0.1) is 0 Å². The fraction of sp³-hybridized carbons (Fsp3) is 0.207. The molecular formula is C29H23FN2O4. The minimum Gasteiger partial charge on any atom is -0.450 e. The fourth-order valence-electron chi connectivity index (χ4n) is 5.50. The largest absolute Gasteiger partial charge is 0.450 e. The molecule has 3 heterocycles. The predicted octanol–water partition coefficient (Wildman–Crippen LogP) is 4.98. The Balaban J connectivity index is 1.66. The molecule has 6 nitrogen and oxygen atoms in total. The third-order valence-electron chi connectivity index (χ3n) is 7.12. The first-order chi connectivity index (χ1) is 17.5. The summed E-state index contributed by atoms with van der Waals surface area (Å²) in [7, 11) is 0. The normalized spacial score (nSPS) is 18.4. The van der Waals surface area contributed by atoms with E-state index >= 15 is 0 Å². The van der Waals surface area contributed by atoms with Gasteiger partial charge in [-0.05, 0) is 36.2 Å². The second kappa shape index (κ2) is 8.16. The highest BCUT2D eigenvalue weighted by molar-refractivity contribution is 6.17. The predicted molar refractivity (Wildman–Crippen MR) is 133 cm³/mol. The first-order valence-corrected chi connectivity index (χ1v) is 12.0. The van der Waals surface area contributed by atoms with Crippen molar-refractivity contribution >= 4 is 28.5 Å². The Bertz CT molecular complexity index is 1600. The van der Waals surface area contributed by atoms with Crippen molar-refractivity contribution in [2.45, 2.75) is 31.8 Å². The van der Waals surface area contributed by atoms with Crippen LogP contribution in [0.4, 0.5) is 10.1 Å². The highest BCUT2D eigenvalue weighted by Gasteiger charge is 2.64. The number of hydrogen-bond donors (Lipinski definition) is 0. The summed E-state index contributed by atoms with van der Waals surface area (Å²) in [4.78, 5) is 45.3. The van der Waals surface area contributed by atoms with Crippen LogP contribution in [0.25, 0.3) is 11.0 Å². The Morgan fingerprint density at radius 2 is 1.69 bits per heavy atom. The molecule has 36 heavy (non-hydrogen) atoms. The third kappa shape index (κ3) is 2.92. The van der Waals surface area contributed by atoms with Gasteiger partial charge in [0.15, 0.2) is 11.0 Å². The van der Waals surface area contributed by atoms with Crippen molar-refractivity contribution in [1.82, 2.24) is 4.90 Å². The maximum absolute atomic E-state index is 14.5. The minimum atomic E-state index is -1.67. The van der Waals surface area contributed by atoms with Gasteiger partial charge in [0.1, 0.15) is 11.4 Å². The van der Waals surface area contributed by atoms with E-state index in [1.54, 1.807) is 17.0 Å². The number of benzene rings is 3. The number of unbranched alkanes of at least 4 members (excludes halogenated alkanes) is 1. The molecule has 1 spiro atoms. The molecule has 7 heteroatoms. The van der Waals surface area contributed by atoms with Crippen molar-refractivity contribution in [3.05, 3.63) is 111 Å². The number of rotatable bonds is 5. The molecule has 0 N–H and O–H groups in total. The number of nitrogens with zero attached hydrogens (tertiary/aromatic N) is 2. The molecule has 1 unspecified atom stereocenters. The Kier molecular flexibility index (Phi) is 5.03. The van der Waals surface area contributed by atoms with E-state index in [2.05, 4.69) is 0 Å². The Morgan fingerprint density at radius 3 is 2.47 bits per heavy atom. The van der Waals surface area contributed by atoms with Gasteiger partial charge in [0.25, 0.3) is 11.8 Å². The second-order valence-electron chi connectivity index (χ2n) is 9.19. The lowest BCUT2D eigenvalue weighted by atomic mass is 9.84. The third-order valence-corrected chi connectivity index (χ3v) is 7.12. The quantitative estimate of drug-likeness (QED) is 0.402. The summed E-state index contributed by atoms with van der Waals surface area (Å²) in [6.45, 7) is 2.53. The zero-order valence-corrected chi connectivity index (χ0v) is 19.7. The summed E-state index contributed by atoms with van der Waals surface area (Å²) in [6.07, 6.45) is 1.42. The number of para-hydroxylation sites is 1. The fourth-order valence-corrected chi connectivity index (χ4v) is 5.50. The molecule has 1 atom stereocenters. The van der Waals surface area contributed by atoms with Gasteiger partial charge in [0, 0.05) is 12.1 Å². The maximum atomic E-state index is 14.5. The van der Waals surface area contributed by atoms with Gasteiger partial charge in [-0.2, -0.15) is 0 Å². The van der Waals surface area contributed by atoms with Crippen LogP contribution < -0.4 is 10.3 Å². The zero-order chi connectivity index (χ0) is 25.0. The van der Waals surface area contributed by atoms with Gasteiger partial charge < -0.3 is 14.2 Å². The van der Waals surface area contributed by atoms with Crippen molar-refractivity contribution in [2.75, 3.05) is 11.4 Å². The number of halogens is 1. The standard InChI is InChI=1S/C29H23FN2O4/c1-2-3-15-32-27(34)26-24(25(33)20-16-19(30)13-14-23(20)36-26)29(32)21-11-7-8-12-22(21)31(28(29)35)17-18-9-5-4-6-10-18/h4-14,16H,2-3,15,17H2,1H3. The summed E-state index contributed by atoms with van der Waals surface area (Å²) < 4.78 is 20.1. The van der Waals surface area contributed by atoms with Crippen molar-refractivity contribution in [2.24, 2.45) is 0 Å². The maximum Gasteiger partial charge on any atom is 0.291 e. The monoisotopic (exact) mass is 482 g/mol. The van der Waals surface area contributed by atoms with Gasteiger partial charge in [-0.1, -0.05) is 61.9 Å². The van der Waals surface area contributed by atoms with Crippen molar-refractivity contribution in [1.29, 1.82) is 0 Å². The van der Waals surface area contributed by atoms with E-state index in [1.165, 1.54) is 17.0 Å². The van der Waals surface area contributed by atoms with E-state index in [-0.39, 0.29) is 41.3 Å². The van der Waals surface area contributed by atoms with Crippen molar-refractivity contribution < 1.29 is 18.4 Å². The number of hydrogen-bond acceptors (Lipinski definition) is 4. The summed E-state index contributed by atoms with van der Waals surface area (Å²) >= 11 is 0. The van der Waals surface area contributed by atoms with Gasteiger partial charge in [0.2, 0.25) is 5.76 Å². The molecular weight excluding hydrogens is 459 g/mol. The lowest BCUT2D eigenvalue weighted by molar-refractivity contribution is -0.126. The van der Waals surface area contributed by atoms with Crippen LogP contribution in [0, 0.1) is 5.82 Å². The minimum absolute atomic E-state index is 0.00468. The molecule has 0 bridgehead atoms. The van der Waals surface area contributed by atoms with Crippen LogP contribution in [0.3, 0.4) is 0 Å². The van der Waals surface area contributed by atoms with Gasteiger partial charge in [-0.3, -0.25) is 14.4 Å². The summed E-state index contributed by atoms with van der Waals surface area (Å²) in [5.74, 6) is -1.65. The highest BCUT2D eigenvalue weighted by atomic mass is 19.1. The molecule has 0 saturated carbocycles. The Labute approximate surface area is 206 Å². The smallest absolute Gasteiger partial charge is 0.291 e. The van der Waals surface area contributed by atoms with E-state index in [9.17, 15) is 18.8 Å². The van der Waals surface area contributed by atoms with Crippen LogP contribution >= 0.6 is 0 Å². The molecule has 0 fully saturated rings. The van der Waals surface area contributed by atoms with Crippen LogP contribution in [-0.4, -0.2) is 23.3 Å². The SMILES string of the molecule is CCCCN1C(=O)c2oc3ccc(F)cc3c(=O)c2C12C(=O)N(Cc1ccccc1)c1ccccc12. The first kappa shape index (κ1) is 22.2. The number of amides is 2. The molecule has 0 radical (unpaired) electrons. The molecule has 3 aromatic carbocycles. The van der Waals surface area contributed by atoms with Crippen LogP contribution in [0.5, 0.6) is 0 Å². The molecule has 0 saturated heterocycles. The number of carbonyl (C=O) groups is 2.